The van der Waals surface area contributed by atoms with Crippen molar-refractivity contribution in [2.75, 3.05) is 40.9 Å². The zero-order chi connectivity index (χ0) is 47.1. The number of nitrogens with one attached hydrogen (secondary N) is 1. The molecule has 0 aromatic rings. The van der Waals surface area contributed by atoms with Gasteiger partial charge < -0.3 is 28.8 Å². The van der Waals surface area contributed by atoms with Gasteiger partial charge >= 0.3 is 0 Å². The van der Waals surface area contributed by atoms with E-state index in [0.29, 0.717) is 17.4 Å². The van der Waals surface area contributed by atoms with Crippen LogP contribution in [-0.2, 0) is 18.4 Å². The molecule has 0 aromatic heterocycles. The van der Waals surface area contributed by atoms with Crippen LogP contribution >= 0.6 is 7.82 Å². The Morgan fingerprint density at radius 2 is 0.969 bits per heavy atom. The van der Waals surface area contributed by atoms with E-state index in [4.69, 9.17) is 9.05 Å². The monoisotopic (exact) mass is 915 g/mol. The molecular weight excluding hydrogens is 816 g/mol. The van der Waals surface area contributed by atoms with Crippen LogP contribution in [-0.4, -0.2) is 68.5 Å². The number of aliphatic hydroxyl groups is 1. The Morgan fingerprint density at radius 3 is 1.45 bits per heavy atom. The third-order valence-electron chi connectivity index (χ3n) is 11.1. The van der Waals surface area contributed by atoms with Crippen LogP contribution in [0.25, 0.3) is 0 Å². The van der Waals surface area contributed by atoms with E-state index in [0.717, 1.165) is 70.6 Å². The topological polar surface area (TPSA) is 108 Å². The van der Waals surface area contributed by atoms with Crippen LogP contribution < -0.4 is 10.2 Å². The van der Waals surface area contributed by atoms with Gasteiger partial charge in [-0.25, -0.2) is 0 Å². The lowest BCUT2D eigenvalue weighted by atomic mass is 10.0. The molecule has 3 unspecified atom stereocenters. The molecule has 64 heavy (non-hydrogen) atoms. The molecule has 370 valence electrons. The quantitative estimate of drug-likeness (QED) is 0.0273. The van der Waals surface area contributed by atoms with Crippen molar-refractivity contribution in [2.45, 2.75) is 219 Å². The lowest BCUT2D eigenvalue weighted by Crippen LogP contribution is -2.45. The first kappa shape index (κ1) is 61.7. The van der Waals surface area contributed by atoms with Crippen molar-refractivity contribution < 1.29 is 32.9 Å². The lowest BCUT2D eigenvalue weighted by molar-refractivity contribution is -0.870. The first-order valence-corrected chi connectivity index (χ1v) is 27.4. The maximum Gasteiger partial charge on any atom is 0.268 e. The number of allylic oxidation sites excluding steroid dienone is 13. The maximum absolute atomic E-state index is 12.9. The van der Waals surface area contributed by atoms with Crippen LogP contribution in [0.15, 0.2) is 85.1 Å². The third-order valence-corrected chi connectivity index (χ3v) is 12.0. The predicted molar refractivity (Wildman–Crippen MR) is 274 cm³/mol. The second kappa shape index (κ2) is 45.8. The number of hydrogen-bond acceptors (Lipinski definition) is 6. The summed E-state index contributed by atoms with van der Waals surface area (Å²) in [5.41, 5.74) is 0. The normalized spacial score (nSPS) is 14.8. The minimum Gasteiger partial charge on any atom is -0.756 e. The Balaban J connectivity index is 4.33. The zero-order valence-corrected chi connectivity index (χ0v) is 42.8. The molecule has 0 fully saturated rings. The number of carbonyl (C=O) groups excluding carboxylic acids is 1. The van der Waals surface area contributed by atoms with Crippen molar-refractivity contribution in [1.82, 2.24) is 5.32 Å². The first-order valence-electron chi connectivity index (χ1n) is 25.9. The number of carbonyl (C=O) groups is 1. The molecule has 3 atom stereocenters. The Kier molecular flexibility index (Phi) is 44.2. The average molecular weight is 915 g/mol. The number of aliphatic hydroxyl groups excluding tert-OH is 1. The van der Waals surface area contributed by atoms with Crippen LogP contribution in [0, 0.1) is 0 Å². The fraction of sp³-hybridized carbons (Fsp3) is 0.727. The SMILES string of the molecule is CC/C=C\C/C=C\C/C=C\C/C=C\CCCCCCCCCCCCCCC(=O)NC(COP(=O)([O-])OCC[N+](C)(C)C)C(O)/C=C/CC/C=C/CC/C=C/CCCCCCCCC. The number of phosphoric ester groups is 1. The minimum atomic E-state index is -4.61. The minimum absolute atomic E-state index is 0.0129. The van der Waals surface area contributed by atoms with Crippen LogP contribution in [0.5, 0.6) is 0 Å². The van der Waals surface area contributed by atoms with E-state index in [1.54, 1.807) is 6.08 Å². The number of unbranched alkanes of at least 4 members (excludes halogenated alkanes) is 21. The second-order valence-electron chi connectivity index (χ2n) is 18.5. The molecule has 0 rings (SSSR count). The van der Waals surface area contributed by atoms with Gasteiger partial charge in [0.2, 0.25) is 5.91 Å². The summed E-state index contributed by atoms with van der Waals surface area (Å²) in [5.74, 6) is -0.217. The van der Waals surface area contributed by atoms with E-state index >= 15 is 0 Å². The molecule has 8 nitrogen and oxygen atoms in total. The van der Waals surface area contributed by atoms with E-state index < -0.39 is 26.6 Å². The van der Waals surface area contributed by atoms with Gasteiger partial charge in [-0.1, -0.05) is 202 Å². The Labute approximate surface area is 395 Å². The standard InChI is InChI=1S/C55H99N2O6P/c1-6-8-10-12-14-16-18-20-22-24-25-26-27-28-29-30-31-33-35-37-39-41-43-45-47-49-55(59)56-53(52-63-64(60,61)62-51-50-57(3,4)5)54(58)48-46-44-42-40-38-36-34-32-23-21-19-17-15-13-11-9-7-2/h8,10,14,16,20,22-23,25-26,32,38,40,46,48,53-54,58H,6-7,9,11-13,15,17-19,21,24,27-31,33-37,39,41-45,47,49-52H2,1-5H3,(H-,56,59,60,61)/b10-8-,16-14-,22-20-,26-25-,32-23+,40-38+,48-46+. The van der Waals surface area contributed by atoms with Gasteiger partial charge in [-0.15, -0.1) is 0 Å². The largest absolute Gasteiger partial charge is 0.756 e. The molecule has 0 aliphatic carbocycles. The van der Waals surface area contributed by atoms with Gasteiger partial charge in [0, 0.05) is 6.42 Å². The molecule has 1 amide bonds. The van der Waals surface area contributed by atoms with Crippen molar-refractivity contribution in [3.8, 4) is 0 Å². The molecule has 0 saturated carbocycles. The number of quaternary nitrogens is 1. The van der Waals surface area contributed by atoms with E-state index in [9.17, 15) is 19.4 Å². The van der Waals surface area contributed by atoms with Crippen LogP contribution in [0.4, 0.5) is 0 Å². The number of nitrogens with zero attached hydrogens (tertiary/aromatic N) is 1. The second-order valence-corrected chi connectivity index (χ2v) is 19.9. The number of likely N-dealkylation sites (N-methyl/N-ethyl adjacent to an activating group) is 1. The molecule has 0 saturated heterocycles. The van der Waals surface area contributed by atoms with E-state index in [2.05, 4.69) is 92.1 Å². The van der Waals surface area contributed by atoms with Crippen molar-refractivity contribution in [1.29, 1.82) is 0 Å². The predicted octanol–water partition coefficient (Wildman–Crippen LogP) is 14.7. The fourth-order valence-corrected chi connectivity index (χ4v) is 7.72. The third kappa shape index (κ3) is 47.6. The number of hydrogen-bond donors (Lipinski definition) is 2. The Morgan fingerprint density at radius 1 is 0.562 bits per heavy atom. The summed E-state index contributed by atoms with van der Waals surface area (Å²) in [4.78, 5) is 25.4. The highest BCUT2D eigenvalue weighted by molar-refractivity contribution is 7.45. The number of amides is 1. The lowest BCUT2D eigenvalue weighted by Gasteiger charge is -2.29. The summed E-state index contributed by atoms with van der Waals surface area (Å²) < 4.78 is 23.3. The highest BCUT2D eigenvalue weighted by Gasteiger charge is 2.23. The first-order chi connectivity index (χ1) is 31.0. The van der Waals surface area contributed by atoms with Crippen molar-refractivity contribution >= 4 is 13.7 Å². The molecule has 0 spiro atoms. The number of rotatable bonds is 46. The molecular formula is C55H99N2O6P. The summed E-state index contributed by atoms with van der Waals surface area (Å²) in [6.07, 6.45) is 63.6. The molecule has 0 aliphatic heterocycles. The summed E-state index contributed by atoms with van der Waals surface area (Å²) in [5, 5.41) is 13.8. The van der Waals surface area contributed by atoms with Crippen molar-refractivity contribution in [3.63, 3.8) is 0 Å². The van der Waals surface area contributed by atoms with Gasteiger partial charge in [0.15, 0.2) is 0 Å². The van der Waals surface area contributed by atoms with Gasteiger partial charge in [-0.3, -0.25) is 9.36 Å². The highest BCUT2D eigenvalue weighted by atomic mass is 31.2. The summed E-state index contributed by atoms with van der Waals surface area (Å²) in [6, 6.07) is -0.915. The van der Waals surface area contributed by atoms with Crippen molar-refractivity contribution in [2.24, 2.45) is 0 Å². The molecule has 2 N–H and O–H groups in total. The van der Waals surface area contributed by atoms with Crippen LogP contribution in [0.2, 0.25) is 0 Å². The molecule has 0 bridgehead atoms. The van der Waals surface area contributed by atoms with Gasteiger partial charge in [0.1, 0.15) is 13.2 Å². The Bertz CT molecular complexity index is 1310. The van der Waals surface area contributed by atoms with Gasteiger partial charge in [0.05, 0.1) is 39.9 Å². The van der Waals surface area contributed by atoms with E-state index in [1.165, 1.54) is 116 Å². The van der Waals surface area contributed by atoms with Crippen molar-refractivity contribution in [3.05, 3.63) is 85.1 Å². The zero-order valence-electron chi connectivity index (χ0n) is 42.0. The molecule has 0 heterocycles. The smallest absolute Gasteiger partial charge is 0.268 e. The Hall–Kier alpha value is -2.32. The van der Waals surface area contributed by atoms with Gasteiger partial charge in [-0.05, 0) is 83.5 Å². The summed E-state index contributed by atoms with van der Waals surface area (Å²) in [7, 11) is 1.22. The van der Waals surface area contributed by atoms with Crippen LogP contribution in [0.1, 0.15) is 206 Å². The molecule has 0 aliphatic rings. The number of phosphoric acid groups is 1. The van der Waals surface area contributed by atoms with E-state index in [-0.39, 0.29) is 12.5 Å². The maximum atomic E-state index is 12.9. The molecule has 0 radical (unpaired) electrons. The molecule has 9 heteroatoms. The van der Waals surface area contributed by atoms with Gasteiger partial charge in [0.25, 0.3) is 7.82 Å². The molecule has 0 aromatic carbocycles. The van der Waals surface area contributed by atoms with Crippen LogP contribution in [0.3, 0.4) is 0 Å². The highest BCUT2D eigenvalue weighted by Crippen LogP contribution is 2.38. The average Bonchev–Trinajstić information content (AvgIpc) is 3.25. The van der Waals surface area contributed by atoms with Gasteiger partial charge in [-0.2, -0.15) is 0 Å². The van der Waals surface area contributed by atoms with E-state index in [1.807, 2.05) is 27.2 Å². The summed E-state index contributed by atoms with van der Waals surface area (Å²) >= 11 is 0. The fourth-order valence-electron chi connectivity index (χ4n) is 7.00. The summed E-state index contributed by atoms with van der Waals surface area (Å²) in [6.45, 7) is 4.49.